The molecule has 2 amide bonds. The number of halogens is 4. The molecule has 3 unspecified atom stereocenters. The molecule has 8 nitrogen and oxygen atoms in total. The number of hydrogen-bond acceptors (Lipinski definition) is 5. The van der Waals surface area contributed by atoms with Crippen LogP contribution in [0.2, 0.25) is 0 Å². The molecule has 37 heavy (non-hydrogen) atoms. The van der Waals surface area contributed by atoms with Crippen LogP contribution in [0.5, 0.6) is 0 Å². The van der Waals surface area contributed by atoms with Crippen LogP contribution in [0.25, 0.3) is 0 Å². The second kappa shape index (κ2) is 10.3. The Morgan fingerprint density at radius 2 is 1.86 bits per heavy atom. The maximum atomic E-state index is 14.8. The minimum Gasteiger partial charge on any atom is -0.342 e. The number of aromatic amines is 1. The molecule has 2 aliphatic rings. The van der Waals surface area contributed by atoms with Crippen molar-refractivity contribution in [3.63, 3.8) is 0 Å². The summed E-state index contributed by atoms with van der Waals surface area (Å²) in [6.07, 6.45) is -3.44. The zero-order chi connectivity index (χ0) is 26.1. The third kappa shape index (κ3) is 5.32. The number of aromatic nitrogens is 4. The fourth-order valence-corrected chi connectivity index (χ4v) is 4.65. The maximum absolute atomic E-state index is 14.8. The molecule has 1 saturated heterocycles. The molecule has 1 saturated carbocycles. The van der Waals surface area contributed by atoms with E-state index in [1.54, 1.807) is 42.5 Å². The van der Waals surface area contributed by atoms with Crippen LogP contribution in [0.1, 0.15) is 65.9 Å². The molecule has 2 N–H and O–H groups in total. The van der Waals surface area contributed by atoms with Gasteiger partial charge in [-0.2, -0.15) is 19.8 Å². The van der Waals surface area contributed by atoms with Gasteiger partial charge in [0.1, 0.15) is 17.9 Å². The van der Waals surface area contributed by atoms with Gasteiger partial charge in [-0.1, -0.05) is 36.4 Å². The molecule has 2 fully saturated rings. The summed E-state index contributed by atoms with van der Waals surface area (Å²) in [5.41, 5.74) is 0.485. The van der Waals surface area contributed by atoms with Gasteiger partial charge in [0.05, 0.1) is 24.7 Å². The first-order valence-corrected chi connectivity index (χ1v) is 11.9. The van der Waals surface area contributed by atoms with E-state index < -0.39 is 54.6 Å². The normalized spacial score (nSPS) is 20.3. The topological polar surface area (TPSA) is 104 Å². The lowest BCUT2D eigenvalue weighted by atomic mass is 10.0. The smallest absolute Gasteiger partial charge is 0.284 e. The molecule has 0 bridgehead atoms. The predicted molar refractivity (Wildman–Crippen MR) is 123 cm³/mol. The summed E-state index contributed by atoms with van der Waals surface area (Å²) in [6, 6.07) is 10.1. The Labute approximate surface area is 209 Å². The number of hydrogen-bond donors (Lipinski definition) is 2. The monoisotopic (exact) mass is 516 g/mol. The number of H-pyrrole nitrogens is 1. The SMILES string of the molecule is O=C(NC(c1ccccc1)c1ccc(C2CC2)c(F)n1)C1CC(F)CN1C(=O)Cc1n[nH]nc1C(F)F. The molecular formula is C25H24F4N6O2. The van der Waals surface area contributed by atoms with E-state index in [1.165, 1.54) is 0 Å². The summed E-state index contributed by atoms with van der Waals surface area (Å²) < 4.78 is 55.4. The van der Waals surface area contributed by atoms with Crippen LogP contribution in [0.4, 0.5) is 17.6 Å². The number of rotatable bonds is 8. The zero-order valence-corrected chi connectivity index (χ0v) is 19.6. The van der Waals surface area contributed by atoms with Crippen molar-refractivity contribution in [3.8, 4) is 0 Å². The van der Waals surface area contributed by atoms with Gasteiger partial charge >= 0.3 is 0 Å². The number of likely N-dealkylation sites (tertiary alicyclic amines) is 1. The largest absolute Gasteiger partial charge is 0.342 e. The van der Waals surface area contributed by atoms with Crippen molar-refractivity contribution in [2.45, 2.75) is 56.3 Å². The number of carbonyl (C=O) groups excluding carboxylic acids is 2. The van der Waals surface area contributed by atoms with Crippen LogP contribution in [-0.4, -0.2) is 55.9 Å². The van der Waals surface area contributed by atoms with Crippen molar-refractivity contribution in [1.82, 2.24) is 30.6 Å². The molecule has 1 aliphatic carbocycles. The Kier molecular flexibility index (Phi) is 6.90. The van der Waals surface area contributed by atoms with E-state index in [9.17, 15) is 27.2 Å². The van der Waals surface area contributed by atoms with Crippen LogP contribution in [0.15, 0.2) is 42.5 Å². The van der Waals surface area contributed by atoms with Gasteiger partial charge in [0, 0.05) is 12.0 Å². The maximum Gasteiger partial charge on any atom is 0.284 e. The van der Waals surface area contributed by atoms with E-state index in [2.05, 4.69) is 25.7 Å². The lowest BCUT2D eigenvalue weighted by Gasteiger charge is -2.26. The fraction of sp³-hybridized carbons (Fsp3) is 0.400. The highest BCUT2D eigenvalue weighted by atomic mass is 19.3. The third-order valence-corrected chi connectivity index (χ3v) is 6.68. The first-order chi connectivity index (χ1) is 17.8. The summed E-state index contributed by atoms with van der Waals surface area (Å²) >= 11 is 0. The van der Waals surface area contributed by atoms with Gasteiger partial charge in [0.15, 0.2) is 5.69 Å². The average molecular weight is 516 g/mol. The van der Waals surface area contributed by atoms with Gasteiger partial charge in [-0.3, -0.25) is 9.59 Å². The molecule has 3 atom stereocenters. The van der Waals surface area contributed by atoms with Crippen LogP contribution in [-0.2, 0) is 16.0 Å². The van der Waals surface area contributed by atoms with E-state index in [1.807, 2.05) is 0 Å². The van der Waals surface area contributed by atoms with E-state index in [-0.39, 0.29) is 30.3 Å². The molecule has 5 rings (SSSR count). The van der Waals surface area contributed by atoms with E-state index in [0.717, 1.165) is 17.7 Å². The van der Waals surface area contributed by atoms with Crippen LogP contribution in [0.3, 0.4) is 0 Å². The second-order valence-corrected chi connectivity index (χ2v) is 9.27. The first-order valence-electron chi connectivity index (χ1n) is 11.9. The summed E-state index contributed by atoms with van der Waals surface area (Å²) in [7, 11) is 0. The molecule has 194 valence electrons. The van der Waals surface area contributed by atoms with Gasteiger partial charge < -0.3 is 10.2 Å². The van der Waals surface area contributed by atoms with Crippen molar-refractivity contribution >= 4 is 11.8 Å². The molecule has 1 aromatic carbocycles. The Morgan fingerprint density at radius 1 is 1.11 bits per heavy atom. The van der Waals surface area contributed by atoms with Crippen molar-refractivity contribution in [2.75, 3.05) is 6.54 Å². The molecule has 3 heterocycles. The van der Waals surface area contributed by atoms with Crippen LogP contribution >= 0.6 is 0 Å². The Morgan fingerprint density at radius 3 is 2.54 bits per heavy atom. The van der Waals surface area contributed by atoms with Gasteiger partial charge in [0.2, 0.25) is 17.8 Å². The first kappa shape index (κ1) is 24.8. The highest BCUT2D eigenvalue weighted by molar-refractivity contribution is 5.89. The molecule has 0 spiro atoms. The van der Waals surface area contributed by atoms with E-state index >= 15 is 0 Å². The fourth-order valence-electron chi connectivity index (χ4n) is 4.65. The Hall–Kier alpha value is -3.83. The summed E-state index contributed by atoms with van der Waals surface area (Å²) in [6.45, 7) is -0.363. The van der Waals surface area contributed by atoms with Crippen molar-refractivity contribution in [2.24, 2.45) is 0 Å². The molecule has 12 heteroatoms. The van der Waals surface area contributed by atoms with Crippen molar-refractivity contribution in [1.29, 1.82) is 0 Å². The summed E-state index contributed by atoms with van der Waals surface area (Å²) in [5, 5.41) is 11.8. The van der Waals surface area contributed by atoms with Gasteiger partial charge in [-0.25, -0.2) is 18.2 Å². The van der Waals surface area contributed by atoms with E-state index in [0.29, 0.717) is 11.1 Å². The highest BCUT2D eigenvalue weighted by Crippen LogP contribution is 2.41. The molecular weight excluding hydrogens is 492 g/mol. The third-order valence-electron chi connectivity index (χ3n) is 6.68. The standard InChI is InChI=1S/C25H24F4N6O2/c26-15-10-19(35(12-15)20(36)11-18-22(23(27)28)33-34-32-18)25(37)31-21(14-4-2-1-3-5-14)17-9-8-16(13-6-7-13)24(29)30-17/h1-5,8-9,13,15,19,21,23H,6-7,10-12H2,(H,31,37)(H,32,33,34). The van der Waals surface area contributed by atoms with E-state index in [4.69, 9.17) is 0 Å². The predicted octanol–water partition coefficient (Wildman–Crippen LogP) is 3.54. The molecule has 2 aromatic heterocycles. The number of carbonyl (C=O) groups is 2. The van der Waals surface area contributed by atoms with Crippen LogP contribution in [0, 0.1) is 5.95 Å². The van der Waals surface area contributed by atoms with Gasteiger partial charge in [-0.05, 0) is 30.4 Å². The van der Waals surface area contributed by atoms with Crippen molar-refractivity contribution in [3.05, 3.63) is 76.6 Å². The molecule has 0 radical (unpaired) electrons. The number of benzene rings is 1. The summed E-state index contributed by atoms with van der Waals surface area (Å²) in [5.74, 6) is -1.84. The number of nitrogens with one attached hydrogen (secondary N) is 2. The number of alkyl halides is 3. The summed E-state index contributed by atoms with van der Waals surface area (Å²) in [4.78, 5) is 31.4. The average Bonchev–Trinajstić information content (AvgIpc) is 3.48. The Balaban J connectivity index is 1.37. The minimum atomic E-state index is -2.95. The second-order valence-electron chi connectivity index (χ2n) is 9.27. The zero-order valence-electron chi connectivity index (χ0n) is 19.6. The highest BCUT2D eigenvalue weighted by Gasteiger charge is 2.41. The van der Waals surface area contributed by atoms with Crippen LogP contribution < -0.4 is 5.32 Å². The van der Waals surface area contributed by atoms with Crippen molar-refractivity contribution < 1.29 is 27.2 Å². The van der Waals surface area contributed by atoms with Gasteiger partial charge in [0.25, 0.3) is 6.43 Å². The molecule has 1 aliphatic heterocycles. The lowest BCUT2D eigenvalue weighted by molar-refractivity contribution is -0.138. The minimum absolute atomic E-state index is 0.154. The Bertz CT molecular complexity index is 1280. The lowest BCUT2D eigenvalue weighted by Crippen LogP contribution is -2.47. The quantitative estimate of drug-likeness (QED) is 0.352. The number of amides is 2. The number of pyridine rings is 1. The molecule has 3 aromatic rings. The van der Waals surface area contributed by atoms with Gasteiger partial charge in [-0.15, -0.1) is 0 Å². The number of nitrogens with zero attached hydrogens (tertiary/aromatic N) is 4.